The quantitative estimate of drug-likeness (QED) is 0.414. The molecule has 3 aromatic rings. The molecule has 1 nitrogen and oxygen atoms in total. The van der Waals surface area contributed by atoms with E-state index in [0.717, 1.165) is 5.57 Å². The number of hydrogen-bond donors (Lipinski definition) is 0. The van der Waals surface area contributed by atoms with Crippen molar-refractivity contribution in [3.8, 4) is 0 Å². The maximum absolute atomic E-state index is 4.45. The van der Waals surface area contributed by atoms with E-state index in [-0.39, 0.29) is 5.41 Å². The molecule has 0 bridgehead atoms. The van der Waals surface area contributed by atoms with Crippen LogP contribution in [0.1, 0.15) is 30.5 Å². The molecule has 1 aliphatic rings. The van der Waals surface area contributed by atoms with Crippen LogP contribution in [0.2, 0.25) is 0 Å². The van der Waals surface area contributed by atoms with Gasteiger partial charge >= 0.3 is 0 Å². The molecule has 0 spiro atoms. The molecule has 1 aliphatic heterocycles. The minimum atomic E-state index is -0.166. The second-order valence-corrected chi connectivity index (χ2v) is 8.55. The second-order valence-electron chi connectivity index (χ2n) is 8.55. The Morgan fingerprint density at radius 2 is 1.70 bits per heavy atom. The largest absolute Gasteiger partial charge is 0.351 e. The van der Waals surface area contributed by atoms with Crippen molar-refractivity contribution < 1.29 is 0 Å². The zero-order chi connectivity index (χ0) is 21.3. The SMILES string of the molecule is C=C(/C=C/C=C1/C=CN(C)c2ccccc21)C(C)(C)c1c(C)ccc2ccccc12. The molecule has 4 rings (SSSR count). The number of nitrogens with zero attached hydrogens (tertiary/aromatic N) is 1. The lowest BCUT2D eigenvalue weighted by atomic mass is 9.74. The molecule has 0 atom stereocenters. The maximum atomic E-state index is 4.45. The fraction of sp³-hybridized carbons (Fsp3) is 0.172. The topological polar surface area (TPSA) is 3.24 Å². The highest BCUT2D eigenvalue weighted by Crippen LogP contribution is 2.38. The Bertz CT molecular complexity index is 1200. The second kappa shape index (κ2) is 7.84. The van der Waals surface area contributed by atoms with Crippen molar-refractivity contribution in [2.24, 2.45) is 0 Å². The number of fused-ring (bicyclic) bond motifs is 2. The summed E-state index contributed by atoms with van der Waals surface area (Å²) in [5.41, 5.74) is 7.29. The van der Waals surface area contributed by atoms with Crippen LogP contribution in [0, 0.1) is 6.92 Å². The number of allylic oxidation sites excluding steroid dienone is 6. The van der Waals surface area contributed by atoms with E-state index in [1.807, 2.05) is 0 Å². The summed E-state index contributed by atoms with van der Waals surface area (Å²) in [5, 5.41) is 2.58. The summed E-state index contributed by atoms with van der Waals surface area (Å²) < 4.78 is 0. The molecule has 0 saturated heterocycles. The molecule has 0 aromatic heterocycles. The van der Waals surface area contributed by atoms with Crippen LogP contribution in [0.25, 0.3) is 16.3 Å². The standard InChI is InChI=1S/C29H29N/c1-21-17-18-23-12-6-7-15-26(23)28(21)29(3,4)22(2)11-10-13-24-19-20-30(5)27-16-9-8-14-25(24)27/h6-20H,2H2,1,3-5H3/b11-10+,24-13-. The molecular formula is C29H29N. The first-order chi connectivity index (χ1) is 14.4. The Balaban J connectivity index is 1.66. The summed E-state index contributed by atoms with van der Waals surface area (Å²) in [4.78, 5) is 2.15. The average molecular weight is 392 g/mol. The van der Waals surface area contributed by atoms with Crippen LogP contribution >= 0.6 is 0 Å². The van der Waals surface area contributed by atoms with Gasteiger partial charge < -0.3 is 4.90 Å². The first-order valence-electron chi connectivity index (χ1n) is 10.5. The van der Waals surface area contributed by atoms with Gasteiger partial charge in [-0.3, -0.25) is 0 Å². The number of benzene rings is 3. The molecule has 150 valence electrons. The van der Waals surface area contributed by atoms with Gasteiger partial charge in [-0.1, -0.05) is 93.3 Å². The van der Waals surface area contributed by atoms with Gasteiger partial charge in [-0.15, -0.1) is 0 Å². The minimum absolute atomic E-state index is 0.166. The molecule has 0 N–H and O–H groups in total. The molecular weight excluding hydrogens is 362 g/mol. The fourth-order valence-corrected chi connectivity index (χ4v) is 4.38. The Kier molecular flexibility index (Phi) is 5.22. The molecule has 1 heterocycles. The first kappa shape index (κ1) is 20.0. The molecule has 0 radical (unpaired) electrons. The maximum Gasteiger partial charge on any atom is 0.0483 e. The molecule has 30 heavy (non-hydrogen) atoms. The molecule has 0 aliphatic carbocycles. The van der Waals surface area contributed by atoms with Gasteiger partial charge in [-0.2, -0.15) is 0 Å². The van der Waals surface area contributed by atoms with Crippen LogP contribution < -0.4 is 4.90 Å². The summed E-state index contributed by atoms with van der Waals surface area (Å²) >= 11 is 0. The van der Waals surface area contributed by atoms with Gasteiger partial charge in [0, 0.05) is 29.9 Å². The van der Waals surface area contributed by atoms with E-state index in [1.54, 1.807) is 0 Å². The van der Waals surface area contributed by atoms with Gasteiger partial charge in [0.1, 0.15) is 0 Å². The number of hydrogen-bond acceptors (Lipinski definition) is 1. The lowest BCUT2D eigenvalue weighted by molar-refractivity contribution is 0.643. The van der Waals surface area contributed by atoms with Crippen molar-refractivity contribution in [3.63, 3.8) is 0 Å². The molecule has 3 aromatic carbocycles. The number of para-hydroxylation sites is 1. The number of rotatable bonds is 4. The summed E-state index contributed by atoms with van der Waals surface area (Å²) in [5.74, 6) is 0. The van der Waals surface area contributed by atoms with Crippen LogP contribution in [0.4, 0.5) is 5.69 Å². The zero-order valence-corrected chi connectivity index (χ0v) is 18.3. The van der Waals surface area contributed by atoms with Gasteiger partial charge in [0.25, 0.3) is 0 Å². The summed E-state index contributed by atoms with van der Waals surface area (Å²) in [6.07, 6.45) is 10.7. The molecule has 0 saturated carbocycles. The minimum Gasteiger partial charge on any atom is -0.351 e. The average Bonchev–Trinajstić information content (AvgIpc) is 2.75. The predicted octanol–water partition coefficient (Wildman–Crippen LogP) is 7.59. The zero-order valence-electron chi connectivity index (χ0n) is 18.3. The van der Waals surface area contributed by atoms with Crippen molar-refractivity contribution >= 4 is 22.0 Å². The summed E-state index contributed by atoms with van der Waals surface area (Å²) in [6, 6.07) is 21.6. The van der Waals surface area contributed by atoms with E-state index >= 15 is 0 Å². The third-order valence-electron chi connectivity index (χ3n) is 6.21. The fourth-order valence-electron chi connectivity index (χ4n) is 4.38. The van der Waals surface area contributed by atoms with Gasteiger partial charge in [0.2, 0.25) is 0 Å². The molecule has 0 unspecified atom stereocenters. The van der Waals surface area contributed by atoms with Gasteiger partial charge in [-0.05, 0) is 52.1 Å². The normalized spacial score (nSPS) is 15.2. The summed E-state index contributed by atoms with van der Waals surface area (Å²) in [6.45, 7) is 11.2. The van der Waals surface area contributed by atoms with Gasteiger partial charge in [-0.25, -0.2) is 0 Å². The van der Waals surface area contributed by atoms with E-state index < -0.39 is 0 Å². The molecule has 0 amide bonds. The van der Waals surface area contributed by atoms with Crippen LogP contribution in [-0.4, -0.2) is 7.05 Å². The number of aryl methyl sites for hydroxylation is 1. The molecule has 1 heteroatoms. The Labute approximate surface area is 180 Å². The van der Waals surface area contributed by atoms with Crippen LogP contribution in [0.5, 0.6) is 0 Å². The third kappa shape index (κ3) is 3.52. The van der Waals surface area contributed by atoms with Crippen molar-refractivity contribution in [1.82, 2.24) is 0 Å². The molecule has 0 fully saturated rings. The van der Waals surface area contributed by atoms with Crippen molar-refractivity contribution in [1.29, 1.82) is 0 Å². The van der Waals surface area contributed by atoms with E-state index in [1.165, 1.54) is 38.7 Å². The van der Waals surface area contributed by atoms with Crippen LogP contribution in [0.3, 0.4) is 0 Å². The van der Waals surface area contributed by atoms with Crippen molar-refractivity contribution in [3.05, 3.63) is 120 Å². The Morgan fingerprint density at radius 1 is 0.967 bits per heavy atom. The van der Waals surface area contributed by atoms with E-state index in [9.17, 15) is 0 Å². The van der Waals surface area contributed by atoms with Crippen molar-refractivity contribution in [2.45, 2.75) is 26.2 Å². The van der Waals surface area contributed by atoms with Gasteiger partial charge in [0.15, 0.2) is 0 Å². The monoisotopic (exact) mass is 391 g/mol. The highest BCUT2D eigenvalue weighted by atomic mass is 15.1. The number of anilines is 1. The van der Waals surface area contributed by atoms with Gasteiger partial charge in [0.05, 0.1) is 0 Å². The highest BCUT2D eigenvalue weighted by molar-refractivity contribution is 5.89. The van der Waals surface area contributed by atoms with E-state index in [2.05, 4.69) is 130 Å². The van der Waals surface area contributed by atoms with E-state index in [0.29, 0.717) is 0 Å². The lowest BCUT2D eigenvalue weighted by Gasteiger charge is -2.30. The first-order valence-corrected chi connectivity index (χ1v) is 10.5. The van der Waals surface area contributed by atoms with Crippen molar-refractivity contribution in [2.75, 3.05) is 11.9 Å². The Hall–Kier alpha value is -3.32. The Morgan fingerprint density at radius 3 is 2.53 bits per heavy atom. The van der Waals surface area contributed by atoms with E-state index in [4.69, 9.17) is 0 Å². The third-order valence-corrected chi connectivity index (χ3v) is 6.21. The van der Waals surface area contributed by atoms with Crippen LogP contribution in [-0.2, 0) is 5.41 Å². The lowest BCUT2D eigenvalue weighted by Crippen LogP contribution is -2.20. The summed E-state index contributed by atoms with van der Waals surface area (Å²) in [7, 11) is 2.08. The van der Waals surface area contributed by atoms with Crippen LogP contribution in [0.15, 0.2) is 103 Å². The predicted molar refractivity (Wildman–Crippen MR) is 132 cm³/mol. The highest BCUT2D eigenvalue weighted by Gasteiger charge is 2.26. The smallest absolute Gasteiger partial charge is 0.0483 e.